The number of carbonyl (C=O) groups excluding carboxylic acids is 1. The van der Waals surface area contributed by atoms with Gasteiger partial charge in [0.2, 0.25) is 0 Å². The van der Waals surface area contributed by atoms with E-state index in [1.165, 1.54) is 0 Å². The molecule has 0 aromatic carbocycles. The lowest BCUT2D eigenvalue weighted by Gasteiger charge is -2.15. The van der Waals surface area contributed by atoms with Crippen molar-refractivity contribution in [3.63, 3.8) is 0 Å². The fourth-order valence-corrected chi connectivity index (χ4v) is 4.82. The highest BCUT2D eigenvalue weighted by atomic mass is 19.4. The van der Waals surface area contributed by atoms with Crippen LogP contribution in [0, 0.1) is 0 Å². The summed E-state index contributed by atoms with van der Waals surface area (Å²) >= 11 is 0. The molecule has 5 heterocycles. The Balaban J connectivity index is 1.18. The van der Waals surface area contributed by atoms with Gasteiger partial charge >= 0.3 is 12.2 Å². The van der Waals surface area contributed by atoms with Crippen molar-refractivity contribution in [3.05, 3.63) is 48.6 Å². The first-order valence-corrected chi connectivity index (χ1v) is 12.0. The van der Waals surface area contributed by atoms with Gasteiger partial charge in [0.05, 0.1) is 28.3 Å². The monoisotopic (exact) mass is 523 g/mol. The maximum absolute atomic E-state index is 13.4. The largest absolute Gasteiger partial charge is 0.401 e. The zero-order chi connectivity index (χ0) is 26.2. The number of urea groups is 1. The van der Waals surface area contributed by atoms with Gasteiger partial charge in [-0.25, -0.2) is 14.8 Å². The van der Waals surface area contributed by atoms with E-state index in [0.29, 0.717) is 34.6 Å². The molecule has 14 heteroatoms. The number of anilines is 3. The second-order valence-corrected chi connectivity index (χ2v) is 9.60. The van der Waals surface area contributed by atoms with Crippen molar-refractivity contribution in [2.75, 3.05) is 16.4 Å². The molecule has 0 atom stereocenters. The average molecular weight is 523 g/mol. The number of carbonyl (C=O) groups is 1. The summed E-state index contributed by atoms with van der Waals surface area (Å²) in [6.07, 6.45) is 2.47. The average Bonchev–Trinajstić information content (AvgIpc) is 3.74. The van der Waals surface area contributed by atoms with Crippen molar-refractivity contribution in [1.29, 1.82) is 0 Å². The quantitative estimate of drug-likeness (QED) is 0.298. The van der Waals surface area contributed by atoms with Gasteiger partial charge in [-0.2, -0.15) is 18.3 Å². The van der Waals surface area contributed by atoms with Crippen molar-refractivity contribution >= 4 is 39.9 Å². The predicted octanol–water partition coefficient (Wildman–Crippen LogP) is 4.89. The Kier molecular flexibility index (Phi) is 4.57. The lowest BCUT2D eigenvalue weighted by Crippen LogP contribution is -2.28. The third kappa shape index (κ3) is 3.39. The van der Waals surface area contributed by atoms with Gasteiger partial charge in [-0.1, -0.05) is 5.16 Å². The van der Waals surface area contributed by atoms with Crippen LogP contribution in [0.4, 0.5) is 35.3 Å². The van der Waals surface area contributed by atoms with Crippen molar-refractivity contribution in [2.24, 2.45) is 0 Å². The van der Waals surface area contributed by atoms with E-state index in [4.69, 9.17) is 15.4 Å². The number of imidazole rings is 1. The molecule has 38 heavy (non-hydrogen) atoms. The molecule has 0 unspecified atom stereocenters. The zero-order valence-electron chi connectivity index (χ0n) is 19.7. The van der Waals surface area contributed by atoms with Crippen molar-refractivity contribution in [1.82, 2.24) is 29.3 Å². The molecular weight excluding hydrogens is 503 g/mol. The van der Waals surface area contributed by atoms with E-state index < -0.39 is 17.6 Å². The van der Waals surface area contributed by atoms with Crippen molar-refractivity contribution in [2.45, 2.75) is 43.3 Å². The van der Waals surface area contributed by atoms with E-state index in [9.17, 15) is 18.0 Å². The van der Waals surface area contributed by atoms with Crippen LogP contribution in [-0.2, 0) is 5.41 Å². The van der Waals surface area contributed by atoms with Crippen LogP contribution in [0.15, 0.2) is 47.4 Å². The minimum atomic E-state index is -4.44. The van der Waals surface area contributed by atoms with Gasteiger partial charge in [0.25, 0.3) is 0 Å². The van der Waals surface area contributed by atoms with Gasteiger partial charge in [-0.15, -0.1) is 0 Å². The molecule has 5 aromatic heterocycles. The highest BCUT2D eigenvalue weighted by molar-refractivity contribution is 6.03. The number of halogens is 3. The molecule has 0 radical (unpaired) electrons. The van der Waals surface area contributed by atoms with Crippen LogP contribution < -0.4 is 16.4 Å². The van der Waals surface area contributed by atoms with E-state index in [-0.39, 0.29) is 24.4 Å². The van der Waals surface area contributed by atoms with E-state index in [0.717, 1.165) is 29.8 Å². The fraction of sp³-hybridized carbons (Fsp3) is 0.292. The van der Waals surface area contributed by atoms with Crippen LogP contribution in [0.5, 0.6) is 0 Å². The number of amides is 2. The molecule has 0 bridgehead atoms. The van der Waals surface area contributed by atoms with E-state index >= 15 is 0 Å². The molecule has 2 aliphatic carbocycles. The van der Waals surface area contributed by atoms with Crippen LogP contribution in [0.3, 0.4) is 0 Å². The molecule has 2 saturated carbocycles. The number of nitrogens with zero attached hydrogens (tertiary/aromatic N) is 6. The number of nitrogen functional groups attached to an aromatic ring is 1. The minimum Gasteiger partial charge on any atom is -0.383 e. The Labute approximate surface area is 211 Å². The molecule has 4 N–H and O–H groups in total. The SMILES string of the molecule is Nc1nccc2c1c(-c1ccc(NC(=O)Nc3cc(C4(C(F)(F)F)CC4)on3)c3nccn13)nn2C1CC1. The van der Waals surface area contributed by atoms with Crippen molar-refractivity contribution in [3.8, 4) is 11.4 Å². The molecule has 2 aliphatic rings. The molecule has 194 valence electrons. The van der Waals surface area contributed by atoms with E-state index in [1.54, 1.807) is 35.1 Å². The predicted molar refractivity (Wildman–Crippen MR) is 131 cm³/mol. The second-order valence-electron chi connectivity index (χ2n) is 9.60. The van der Waals surface area contributed by atoms with Crippen LogP contribution in [0.1, 0.15) is 37.5 Å². The molecule has 0 spiro atoms. The number of hydrogen-bond donors (Lipinski definition) is 3. The summed E-state index contributed by atoms with van der Waals surface area (Å²) in [5.41, 5.74) is 7.27. The normalized spacial score (nSPS) is 16.7. The summed E-state index contributed by atoms with van der Waals surface area (Å²) < 4.78 is 48.7. The van der Waals surface area contributed by atoms with Crippen LogP contribution >= 0.6 is 0 Å². The fourth-order valence-electron chi connectivity index (χ4n) is 4.82. The van der Waals surface area contributed by atoms with E-state index in [2.05, 4.69) is 25.8 Å². The molecule has 2 amide bonds. The standard InChI is InChI=1S/C24H20F3N9O2/c25-24(26,27)23(6-7-23)16-11-17(34-38-16)32-22(37)31-13-3-4-15(35-10-9-30-21(13)35)19-18-14(5-8-29-20(18)28)36(33-19)12-1-2-12/h3-5,8-12H,1-2,6-7H2,(H2,28,29)(H2,31,32,34,37). The smallest absolute Gasteiger partial charge is 0.383 e. The Morgan fingerprint density at radius 3 is 2.68 bits per heavy atom. The molecule has 7 rings (SSSR count). The van der Waals surface area contributed by atoms with Gasteiger partial charge in [-0.05, 0) is 43.9 Å². The van der Waals surface area contributed by atoms with Gasteiger partial charge in [0.15, 0.2) is 17.2 Å². The summed E-state index contributed by atoms with van der Waals surface area (Å²) in [6.45, 7) is 0. The Bertz CT molecular complexity index is 1730. The molecular formula is C24H20F3N9O2. The number of hydrogen-bond acceptors (Lipinski definition) is 7. The number of nitrogens with one attached hydrogen (secondary N) is 2. The minimum absolute atomic E-state index is 0.0720. The molecule has 11 nitrogen and oxygen atoms in total. The third-order valence-corrected chi connectivity index (χ3v) is 7.10. The number of pyridine rings is 2. The Morgan fingerprint density at radius 1 is 1.13 bits per heavy atom. The lowest BCUT2D eigenvalue weighted by molar-refractivity contribution is -0.165. The van der Waals surface area contributed by atoms with Crippen LogP contribution in [0.2, 0.25) is 0 Å². The highest BCUT2D eigenvalue weighted by Gasteiger charge is 2.66. The maximum Gasteiger partial charge on any atom is 0.401 e. The van der Waals surface area contributed by atoms with Gasteiger partial charge in [0.1, 0.15) is 16.9 Å². The van der Waals surface area contributed by atoms with Gasteiger partial charge in [-0.3, -0.25) is 14.4 Å². The molecule has 5 aromatic rings. The topological polar surface area (TPSA) is 141 Å². The van der Waals surface area contributed by atoms with Crippen LogP contribution in [0.25, 0.3) is 27.9 Å². The van der Waals surface area contributed by atoms with E-state index in [1.807, 2.05) is 10.7 Å². The zero-order valence-corrected chi connectivity index (χ0v) is 19.7. The van der Waals surface area contributed by atoms with Crippen molar-refractivity contribution < 1.29 is 22.5 Å². The Morgan fingerprint density at radius 2 is 1.95 bits per heavy atom. The second kappa shape index (κ2) is 7.69. The third-order valence-electron chi connectivity index (χ3n) is 7.10. The molecule has 0 saturated heterocycles. The van der Waals surface area contributed by atoms with Gasteiger partial charge < -0.3 is 15.6 Å². The summed E-state index contributed by atoms with van der Waals surface area (Å²) in [5, 5.41) is 14.3. The van der Waals surface area contributed by atoms with Gasteiger partial charge in [0, 0.05) is 24.7 Å². The number of alkyl halides is 3. The van der Waals surface area contributed by atoms with Crippen LogP contribution in [-0.4, -0.2) is 41.5 Å². The number of fused-ring (bicyclic) bond motifs is 2. The Hall–Kier alpha value is -4.62. The number of rotatable bonds is 5. The first kappa shape index (κ1) is 22.6. The first-order valence-electron chi connectivity index (χ1n) is 12.0. The summed E-state index contributed by atoms with van der Waals surface area (Å²) in [7, 11) is 0. The summed E-state index contributed by atoms with van der Waals surface area (Å²) in [5.74, 6) is -0.0688. The molecule has 2 fully saturated rings. The number of nitrogens with two attached hydrogens (primary N) is 1. The first-order chi connectivity index (χ1) is 18.2. The summed E-state index contributed by atoms with van der Waals surface area (Å²) in [6, 6.07) is 6.05. The number of aromatic nitrogens is 6. The maximum atomic E-state index is 13.4. The molecule has 0 aliphatic heterocycles. The highest BCUT2D eigenvalue weighted by Crippen LogP contribution is 2.59. The lowest BCUT2D eigenvalue weighted by atomic mass is 10.0. The summed E-state index contributed by atoms with van der Waals surface area (Å²) in [4.78, 5) is 21.3.